The number of nitrogens with zero attached hydrogens (tertiary/aromatic N) is 6. The van der Waals surface area contributed by atoms with Gasteiger partial charge in [-0.25, -0.2) is 19.9 Å². The van der Waals surface area contributed by atoms with E-state index in [4.69, 9.17) is 4.98 Å². The number of fused-ring (bicyclic) bond motifs is 1. The molecule has 2 aromatic carbocycles. The number of hydrogen-bond donors (Lipinski definition) is 3. The van der Waals surface area contributed by atoms with Gasteiger partial charge in [0.15, 0.2) is 5.82 Å². The molecule has 0 saturated carbocycles. The quantitative estimate of drug-likeness (QED) is 0.256. The van der Waals surface area contributed by atoms with Gasteiger partial charge in [-0.2, -0.15) is 5.26 Å². The lowest BCUT2D eigenvalue weighted by Crippen LogP contribution is -2.24. The topological polar surface area (TPSA) is 132 Å². The first-order valence-corrected chi connectivity index (χ1v) is 12.8. The summed E-state index contributed by atoms with van der Waals surface area (Å²) in [6.45, 7) is 7.34. The van der Waals surface area contributed by atoms with Gasteiger partial charge in [-0.3, -0.25) is 4.79 Å². The average molecular weight is 524 g/mol. The number of benzene rings is 2. The highest BCUT2D eigenvalue weighted by Crippen LogP contribution is 2.28. The second-order valence-corrected chi connectivity index (χ2v) is 9.93. The van der Waals surface area contributed by atoms with Crippen LogP contribution < -0.4 is 20.9 Å². The minimum Gasteiger partial charge on any atom is -0.344 e. The van der Waals surface area contributed by atoms with Crippen molar-refractivity contribution in [3.8, 4) is 6.07 Å². The lowest BCUT2D eigenvalue weighted by Gasteiger charge is -2.18. The second-order valence-electron chi connectivity index (χ2n) is 9.93. The minimum absolute atomic E-state index is 0.258. The van der Waals surface area contributed by atoms with Gasteiger partial charge in [0.05, 0.1) is 17.7 Å². The number of aromatic nitrogens is 4. The maximum atomic E-state index is 13.0. The molecule has 200 valence electrons. The van der Waals surface area contributed by atoms with E-state index in [0.717, 1.165) is 36.3 Å². The van der Waals surface area contributed by atoms with Gasteiger partial charge >= 0.3 is 0 Å². The molecule has 0 unspecified atom stereocenters. The third kappa shape index (κ3) is 6.45. The predicted molar refractivity (Wildman–Crippen MR) is 154 cm³/mol. The largest absolute Gasteiger partial charge is 0.344 e. The van der Waals surface area contributed by atoms with E-state index < -0.39 is 5.41 Å². The summed E-state index contributed by atoms with van der Waals surface area (Å²) in [5.74, 6) is 0.882. The Hall–Kier alpha value is -4.62. The number of anilines is 4. The van der Waals surface area contributed by atoms with E-state index in [1.807, 2.05) is 64.0 Å². The predicted octanol–water partition coefficient (Wildman–Crippen LogP) is 4.57. The maximum absolute atomic E-state index is 13.0. The second kappa shape index (κ2) is 11.8. The van der Waals surface area contributed by atoms with Crippen LogP contribution in [-0.2, 0) is 5.41 Å². The third-order valence-corrected chi connectivity index (χ3v) is 6.50. The zero-order chi connectivity index (χ0) is 28.0. The number of aryl methyl sites for hydroxylation is 1. The summed E-state index contributed by atoms with van der Waals surface area (Å²) in [5.41, 5.74) is 4.17. The fourth-order valence-corrected chi connectivity index (χ4v) is 3.99. The van der Waals surface area contributed by atoms with Crippen molar-refractivity contribution >= 4 is 40.1 Å². The highest BCUT2D eigenvalue weighted by Gasteiger charge is 2.21. The van der Waals surface area contributed by atoms with Crippen LogP contribution in [0.3, 0.4) is 0 Å². The summed E-state index contributed by atoms with van der Waals surface area (Å²) in [5, 5.41) is 18.9. The van der Waals surface area contributed by atoms with Crippen molar-refractivity contribution in [3.63, 3.8) is 0 Å². The number of nitriles is 1. The van der Waals surface area contributed by atoms with Gasteiger partial charge in [0.25, 0.3) is 5.91 Å². The van der Waals surface area contributed by atoms with Crippen LogP contribution in [0.25, 0.3) is 11.0 Å². The van der Waals surface area contributed by atoms with Crippen molar-refractivity contribution < 1.29 is 4.79 Å². The zero-order valence-electron chi connectivity index (χ0n) is 22.9. The molecule has 3 N–H and O–H groups in total. The maximum Gasteiger partial charge on any atom is 0.255 e. The van der Waals surface area contributed by atoms with E-state index in [1.165, 1.54) is 6.33 Å². The Kier molecular flexibility index (Phi) is 8.32. The molecule has 0 aliphatic rings. The normalized spacial score (nSPS) is 11.2. The summed E-state index contributed by atoms with van der Waals surface area (Å²) in [7, 11) is 3.89. The summed E-state index contributed by atoms with van der Waals surface area (Å²) >= 11 is 0. The number of hydrogen-bond acceptors (Lipinski definition) is 9. The molecular weight excluding hydrogens is 490 g/mol. The molecule has 2 heterocycles. The summed E-state index contributed by atoms with van der Waals surface area (Å²) < 4.78 is 0. The zero-order valence-corrected chi connectivity index (χ0v) is 22.9. The average Bonchev–Trinajstić information content (AvgIpc) is 2.95. The van der Waals surface area contributed by atoms with Crippen LogP contribution in [0.15, 0.2) is 55.0 Å². The first kappa shape index (κ1) is 27.4. The van der Waals surface area contributed by atoms with Crippen molar-refractivity contribution in [1.29, 1.82) is 5.26 Å². The van der Waals surface area contributed by atoms with Crippen molar-refractivity contribution in [3.05, 3.63) is 71.7 Å². The molecule has 2 aromatic heterocycles. The number of carbonyl (C=O) groups excluding carboxylic acids is 1. The monoisotopic (exact) mass is 523 g/mol. The molecule has 0 atom stereocenters. The van der Waals surface area contributed by atoms with Gasteiger partial charge in [0.2, 0.25) is 5.95 Å². The van der Waals surface area contributed by atoms with E-state index >= 15 is 0 Å². The van der Waals surface area contributed by atoms with Crippen LogP contribution in [0.1, 0.15) is 41.8 Å². The Morgan fingerprint density at radius 3 is 2.72 bits per heavy atom. The standard InChI is InChI=1S/C29H33N9O/c1-19-10-11-22(35-27(39)20-8-6-9-21(14-20)29(2,3)17-30)15-23(19)36-26-25-24(33-18-34-26)16-32-28(37-25)38(5)13-7-12-31-4/h6,8-11,14-16,18,31H,7,12-13H2,1-5H3,(H,35,39)(H,33,34,36). The fraction of sp³-hybridized carbons (Fsp3) is 0.310. The van der Waals surface area contributed by atoms with Gasteiger partial charge in [-0.05, 0) is 76.2 Å². The van der Waals surface area contributed by atoms with Crippen molar-refractivity contribution in [2.24, 2.45) is 0 Å². The van der Waals surface area contributed by atoms with E-state index in [0.29, 0.717) is 34.1 Å². The number of carbonyl (C=O) groups is 1. The summed E-state index contributed by atoms with van der Waals surface area (Å²) in [6, 6.07) is 15.0. The van der Waals surface area contributed by atoms with Crippen LogP contribution in [0.2, 0.25) is 0 Å². The van der Waals surface area contributed by atoms with Gasteiger partial charge in [-0.1, -0.05) is 18.2 Å². The van der Waals surface area contributed by atoms with Gasteiger partial charge < -0.3 is 20.9 Å². The smallest absolute Gasteiger partial charge is 0.255 e. The van der Waals surface area contributed by atoms with Crippen molar-refractivity contribution in [2.45, 2.75) is 32.6 Å². The molecule has 0 bridgehead atoms. The van der Waals surface area contributed by atoms with Gasteiger partial charge in [-0.15, -0.1) is 0 Å². The first-order valence-electron chi connectivity index (χ1n) is 12.8. The molecule has 0 saturated heterocycles. The van der Waals surface area contributed by atoms with Crippen LogP contribution in [0.5, 0.6) is 0 Å². The fourth-order valence-electron chi connectivity index (χ4n) is 3.99. The van der Waals surface area contributed by atoms with E-state index in [9.17, 15) is 10.1 Å². The molecule has 0 spiro atoms. The molecule has 10 nitrogen and oxygen atoms in total. The van der Waals surface area contributed by atoms with E-state index in [2.05, 4.69) is 37.0 Å². The molecule has 4 aromatic rings. The number of rotatable bonds is 10. The molecule has 1 amide bonds. The summed E-state index contributed by atoms with van der Waals surface area (Å²) in [6.07, 6.45) is 4.13. The highest BCUT2D eigenvalue weighted by molar-refractivity contribution is 6.04. The lowest BCUT2D eigenvalue weighted by atomic mass is 9.85. The minimum atomic E-state index is -0.692. The van der Waals surface area contributed by atoms with Crippen LogP contribution in [0, 0.1) is 18.3 Å². The van der Waals surface area contributed by atoms with Crippen LogP contribution in [-0.4, -0.2) is 53.0 Å². The Morgan fingerprint density at radius 1 is 1.13 bits per heavy atom. The van der Waals surface area contributed by atoms with E-state index in [-0.39, 0.29) is 5.91 Å². The number of amides is 1. The SMILES string of the molecule is CNCCCN(C)c1ncc2ncnc(Nc3cc(NC(=O)c4cccc(C(C)(C)C#N)c4)ccc3C)c2n1. The Balaban J connectivity index is 1.57. The first-order chi connectivity index (χ1) is 18.7. The lowest BCUT2D eigenvalue weighted by molar-refractivity contribution is 0.102. The highest BCUT2D eigenvalue weighted by atomic mass is 16.1. The summed E-state index contributed by atoms with van der Waals surface area (Å²) in [4.78, 5) is 33.0. The third-order valence-electron chi connectivity index (χ3n) is 6.50. The molecule has 0 radical (unpaired) electrons. The Morgan fingerprint density at radius 2 is 1.95 bits per heavy atom. The Bertz CT molecular complexity index is 1530. The molecule has 4 rings (SSSR count). The van der Waals surface area contributed by atoms with Gasteiger partial charge in [0, 0.05) is 30.5 Å². The molecule has 10 heteroatoms. The molecule has 0 fully saturated rings. The van der Waals surface area contributed by atoms with Crippen molar-refractivity contribution in [1.82, 2.24) is 25.3 Å². The molecule has 0 aliphatic carbocycles. The van der Waals surface area contributed by atoms with E-state index in [1.54, 1.807) is 24.4 Å². The molecule has 0 aliphatic heterocycles. The van der Waals surface area contributed by atoms with Crippen LogP contribution >= 0.6 is 0 Å². The molecule has 39 heavy (non-hydrogen) atoms. The molecular formula is C29H33N9O. The Labute approximate surface area is 228 Å². The number of nitrogens with one attached hydrogen (secondary N) is 3. The van der Waals surface area contributed by atoms with Gasteiger partial charge in [0.1, 0.15) is 17.4 Å². The van der Waals surface area contributed by atoms with Crippen LogP contribution in [0.4, 0.5) is 23.1 Å². The van der Waals surface area contributed by atoms with Crippen molar-refractivity contribution in [2.75, 3.05) is 42.7 Å².